The second-order valence-corrected chi connectivity index (χ2v) is 5.41. The second-order valence-electron chi connectivity index (χ2n) is 4.08. The first-order valence-corrected chi connectivity index (χ1v) is 6.70. The monoisotopic (exact) mass is 267 g/mol. The van der Waals surface area contributed by atoms with Crippen molar-refractivity contribution in [1.82, 2.24) is 9.97 Å². The van der Waals surface area contributed by atoms with Gasteiger partial charge in [-0.25, -0.2) is 9.97 Å². The van der Waals surface area contributed by atoms with Crippen molar-refractivity contribution in [2.75, 3.05) is 5.32 Å². The van der Waals surface area contributed by atoms with Crippen LogP contribution in [0.15, 0.2) is 29.9 Å². The normalized spacial score (nSPS) is 12.7. The first-order valence-electron chi connectivity index (χ1n) is 5.45. The molecule has 90 valence electrons. The summed E-state index contributed by atoms with van der Waals surface area (Å²) in [5.41, 5.74) is 0. The smallest absolute Gasteiger partial charge is 0.171 e. The van der Waals surface area contributed by atoms with Crippen molar-refractivity contribution in [3.05, 3.63) is 39.9 Å². The molecule has 17 heavy (non-hydrogen) atoms. The minimum Gasteiger partial charge on any atom is -0.360 e. The predicted octanol–water partition coefficient (Wildman–Crippen LogP) is 4.00. The SMILES string of the molecule is CC(C)C(Nc1nccnc1Cl)c1cccs1. The topological polar surface area (TPSA) is 37.8 Å². The summed E-state index contributed by atoms with van der Waals surface area (Å²) in [6.07, 6.45) is 3.23. The van der Waals surface area contributed by atoms with Crippen LogP contribution in [0.3, 0.4) is 0 Å². The maximum atomic E-state index is 6.00. The molecule has 0 aliphatic rings. The molecule has 0 fully saturated rings. The Kier molecular flexibility index (Phi) is 3.97. The average Bonchev–Trinajstić information content (AvgIpc) is 2.81. The molecule has 0 saturated carbocycles. The molecular weight excluding hydrogens is 254 g/mol. The van der Waals surface area contributed by atoms with Gasteiger partial charge in [-0.2, -0.15) is 0 Å². The molecule has 0 aliphatic carbocycles. The lowest BCUT2D eigenvalue weighted by molar-refractivity contribution is 0.552. The third-order valence-electron chi connectivity index (χ3n) is 2.46. The number of anilines is 1. The highest BCUT2D eigenvalue weighted by atomic mass is 35.5. The van der Waals surface area contributed by atoms with Crippen LogP contribution >= 0.6 is 22.9 Å². The summed E-state index contributed by atoms with van der Waals surface area (Å²) in [5, 5.41) is 5.84. The van der Waals surface area contributed by atoms with Crippen molar-refractivity contribution < 1.29 is 0 Å². The van der Waals surface area contributed by atoms with Crippen molar-refractivity contribution in [2.45, 2.75) is 19.9 Å². The molecule has 0 amide bonds. The van der Waals surface area contributed by atoms with Gasteiger partial charge in [0.05, 0.1) is 6.04 Å². The number of hydrogen-bond donors (Lipinski definition) is 1. The Morgan fingerprint density at radius 2 is 2.06 bits per heavy atom. The zero-order valence-corrected chi connectivity index (χ0v) is 11.3. The van der Waals surface area contributed by atoms with E-state index in [9.17, 15) is 0 Å². The van der Waals surface area contributed by atoms with Crippen LogP contribution in [0.5, 0.6) is 0 Å². The summed E-state index contributed by atoms with van der Waals surface area (Å²) in [6.45, 7) is 4.34. The summed E-state index contributed by atoms with van der Waals surface area (Å²) in [4.78, 5) is 9.51. The molecule has 2 aromatic heterocycles. The minimum absolute atomic E-state index is 0.212. The Balaban J connectivity index is 2.23. The van der Waals surface area contributed by atoms with Crippen LogP contribution in [0.4, 0.5) is 5.82 Å². The van der Waals surface area contributed by atoms with E-state index in [1.807, 2.05) is 0 Å². The first kappa shape index (κ1) is 12.3. The number of rotatable bonds is 4. The van der Waals surface area contributed by atoms with Gasteiger partial charge in [0.1, 0.15) is 0 Å². The molecule has 0 aliphatic heterocycles. The molecule has 0 spiro atoms. The number of hydrogen-bond acceptors (Lipinski definition) is 4. The molecule has 5 heteroatoms. The van der Waals surface area contributed by atoms with E-state index in [1.54, 1.807) is 23.7 Å². The highest BCUT2D eigenvalue weighted by Gasteiger charge is 2.18. The molecule has 1 N–H and O–H groups in total. The van der Waals surface area contributed by atoms with E-state index >= 15 is 0 Å². The fourth-order valence-electron chi connectivity index (χ4n) is 1.60. The van der Waals surface area contributed by atoms with Gasteiger partial charge in [-0.1, -0.05) is 31.5 Å². The molecule has 2 rings (SSSR count). The van der Waals surface area contributed by atoms with E-state index in [-0.39, 0.29) is 6.04 Å². The molecule has 0 aromatic carbocycles. The maximum absolute atomic E-state index is 6.00. The van der Waals surface area contributed by atoms with E-state index in [0.717, 1.165) is 0 Å². The standard InChI is InChI=1S/C12H14ClN3S/c1-8(2)10(9-4-3-7-17-9)16-12-11(13)14-5-6-15-12/h3-8,10H,1-2H3,(H,15,16). The van der Waals surface area contributed by atoms with Gasteiger partial charge in [-0.3, -0.25) is 0 Å². The zero-order chi connectivity index (χ0) is 12.3. The molecular formula is C12H14ClN3S. The fourth-order valence-corrected chi connectivity index (χ4v) is 2.71. The number of nitrogens with one attached hydrogen (secondary N) is 1. The lowest BCUT2D eigenvalue weighted by atomic mass is 10.0. The van der Waals surface area contributed by atoms with Crippen LogP contribution in [-0.4, -0.2) is 9.97 Å². The first-order chi connectivity index (χ1) is 8.18. The van der Waals surface area contributed by atoms with Gasteiger partial charge < -0.3 is 5.32 Å². The van der Waals surface area contributed by atoms with Crippen LogP contribution in [0.1, 0.15) is 24.8 Å². The Hall–Kier alpha value is -1.13. The van der Waals surface area contributed by atoms with Crippen LogP contribution in [0.25, 0.3) is 0 Å². The van der Waals surface area contributed by atoms with Gasteiger partial charge in [0.2, 0.25) is 0 Å². The summed E-state index contributed by atoms with van der Waals surface area (Å²) < 4.78 is 0. The third-order valence-corrected chi connectivity index (χ3v) is 3.69. The van der Waals surface area contributed by atoms with Gasteiger partial charge in [0, 0.05) is 17.3 Å². The van der Waals surface area contributed by atoms with Crippen LogP contribution < -0.4 is 5.32 Å². The van der Waals surface area contributed by atoms with E-state index in [1.165, 1.54) is 4.88 Å². The van der Waals surface area contributed by atoms with Crippen LogP contribution in [0.2, 0.25) is 5.15 Å². The molecule has 0 radical (unpaired) electrons. The summed E-state index contributed by atoms with van der Waals surface area (Å²) in [7, 11) is 0. The van der Waals surface area contributed by atoms with Crippen LogP contribution in [0, 0.1) is 5.92 Å². The van der Waals surface area contributed by atoms with Crippen LogP contribution in [-0.2, 0) is 0 Å². The molecule has 1 unspecified atom stereocenters. The highest BCUT2D eigenvalue weighted by molar-refractivity contribution is 7.10. The Labute approximate surface area is 110 Å². The van der Waals surface area contributed by atoms with Gasteiger partial charge >= 0.3 is 0 Å². The number of aromatic nitrogens is 2. The number of halogens is 1. The zero-order valence-electron chi connectivity index (χ0n) is 9.72. The minimum atomic E-state index is 0.212. The van der Waals surface area contributed by atoms with Gasteiger partial charge in [-0.05, 0) is 17.4 Å². The molecule has 2 aromatic rings. The highest BCUT2D eigenvalue weighted by Crippen LogP contribution is 2.30. The van der Waals surface area contributed by atoms with Gasteiger partial charge in [-0.15, -0.1) is 11.3 Å². The van der Waals surface area contributed by atoms with Gasteiger partial charge in [0.25, 0.3) is 0 Å². The fraction of sp³-hybridized carbons (Fsp3) is 0.333. The van der Waals surface area contributed by atoms with Crippen molar-refractivity contribution >= 4 is 28.8 Å². The third kappa shape index (κ3) is 2.96. The lowest BCUT2D eigenvalue weighted by Crippen LogP contribution is -2.16. The predicted molar refractivity (Wildman–Crippen MR) is 72.6 cm³/mol. The molecule has 0 bridgehead atoms. The summed E-state index contributed by atoms with van der Waals surface area (Å²) in [6, 6.07) is 4.38. The van der Waals surface area contributed by atoms with E-state index < -0.39 is 0 Å². The quantitative estimate of drug-likeness (QED) is 0.910. The van der Waals surface area contributed by atoms with Crippen molar-refractivity contribution in [2.24, 2.45) is 5.92 Å². The number of thiophene rings is 1. The van der Waals surface area contributed by atoms with Crippen molar-refractivity contribution in [3.8, 4) is 0 Å². The molecule has 3 nitrogen and oxygen atoms in total. The maximum Gasteiger partial charge on any atom is 0.171 e. The van der Waals surface area contributed by atoms with E-state index in [2.05, 4.69) is 46.6 Å². The molecule has 1 atom stereocenters. The van der Waals surface area contributed by atoms with Crippen molar-refractivity contribution in [3.63, 3.8) is 0 Å². The molecule has 2 heterocycles. The average molecular weight is 268 g/mol. The molecule has 0 saturated heterocycles. The second kappa shape index (κ2) is 5.47. The summed E-state index contributed by atoms with van der Waals surface area (Å²) in [5.74, 6) is 1.09. The Bertz CT molecular complexity index is 470. The Morgan fingerprint density at radius 1 is 1.29 bits per heavy atom. The van der Waals surface area contributed by atoms with Crippen molar-refractivity contribution in [1.29, 1.82) is 0 Å². The van der Waals surface area contributed by atoms with Gasteiger partial charge in [0.15, 0.2) is 11.0 Å². The van der Waals surface area contributed by atoms with E-state index in [0.29, 0.717) is 16.9 Å². The summed E-state index contributed by atoms with van der Waals surface area (Å²) >= 11 is 7.73. The van der Waals surface area contributed by atoms with E-state index in [4.69, 9.17) is 11.6 Å². The lowest BCUT2D eigenvalue weighted by Gasteiger charge is -2.21. The largest absolute Gasteiger partial charge is 0.360 e. The number of nitrogens with zero attached hydrogens (tertiary/aromatic N) is 2. The Morgan fingerprint density at radius 3 is 2.65 bits per heavy atom.